The number of aliphatic hydroxyl groups is 1. The number of carbonyl (C=O) groups excluding carboxylic acids is 2. The monoisotopic (exact) mass is 654 g/mol. The van der Waals surface area contributed by atoms with Crippen LogP contribution in [0.15, 0.2) is 89.7 Å². The average Bonchev–Trinajstić information content (AvgIpc) is 3.56. The maximum absolute atomic E-state index is 13.3. The Hall–Kier alpha value is -4.71. The SMILES string of the molecule is NC(=O)C(c1ccccc1)(c1ccccc1)[C@@H]1CCN(CCNC(=O)NCCCCCNC[C@@H](O)c2ccc(O)c3[nH]c(=O)ccc23)C1. The van der Waals surface area contributed by atoms with E-state index < -0.39 is 11.5 Å². The number of nitrogens with zero attached hydrogens (tertiary/aromatic N) is 1. The third kappa shape index (κ3) is 8.04. The number of phenolic OH excluding ortho intramolecular Hbond substituents is 1. The van der Waals surface area contributed by atoms with Crippen molar-refractivity contribution in [1.82, 2.24) is 25.8 Å². The molecule has 254 valence electrons. The van der Waals surface area contributed by atoms with E-state index in [4.69, 9.17) is 5.73 Å². The number of nitrogens with two attached hydrogens (primary N) is 1. The Bertz CT molecular complexity index is 1670. The molecule has 3 amide bonds. The molecule has 11 heteroatoms. The van der Waals surface area contributed by atoms with E-state index in [1.54, 1.807) is 12.1 Å². The van der Waals surface area contributed by atoms with E-state index >= 15 is 0 Å². The summed E-state index contributed by atoms with van der Waals surface area (Å²) in [7, 11) is 0. The number of hydrogen-bond donors (Lipinski definition) is 7. The van der Waals surface area contributed by atoms with Crippen molar-refractivity contribution in [3.8, 4) is 5.75 Å². The number of carbonyl (C=O) groups is 2. The lowest BCUT2D eigenvalue weighted by atomic mass is 9.64. The van der Waals surface area contributed by atoms with Crippen molar-refractivity contribution in [2.24, 2.45) is 11.7 Å². The van der Waals surface area contributed by atoms with Crippen LogP contribution in [-0.4, -0.2) is 77.8 Å². The van der Waals surface area contributed by atoms with Gasteiger partial charge in [0.1, 0.15) is 11.2 Å². The van der Waals surface area contributed by atoms with Crippen LogP contribution in [0.25, 0.3) is 10.9 Å². The van der Waals surface area contributed by atoms with Crippen LogP contribution in [0.1, 0.15) is 48.5 Å². The lowest BCUT2D eigenvalue weighted by molar-refractivity contribution is -0.123. The third-order valence-electron chi connectivity index (χ3n) is 9.36. The number of H-pyrrole nitrogens is 1. The molecule has 0 aliphatic carbocycles. The highest BCUT2D eigenvalue weighted by Crippen LogP contribution is 2.43. The summed E-state index contributed by atoms with van der Waals surface area (Å²) in [5, 5.41) is 30.4. The highest BCUT2D eigenvalue weighted by molar-refractivity contribution is 5.91. The molecule has 1 aliphatic rings. The van der Waals surface area contributed by atoms with E-state index in [1.807, 2.05) is 60.7 Å². The lowest BCUT2D eigenvalue weighted by Gasteiger charge is -2.37. The molecule has 1 aliphatic heterocycles. The fraction of sp³-hybridized carbons (Fsp3) is 0.378. The number of hydrogen-bond acceptors (Lipinski definition) is 7. The number of benzene rings is 3. The number of unbranched alkanes of at least 4 members (excludes halogenated alkanes) is 2. The molecular formula is C37H46N6O5. The topological polar surface area (TPSA) is 173 Å². The van der Waals surface area contributed by atoms with Crippen LogP contribution < -0.4 is 27.2 Å². The van der Waals surface area contributed by atoms with Gasteiger partial charge in [0.25, 0.3) is 0 Å². The number of rotatable bonds is 16. The van der Waals surface area contributed by atoms with Gasteiger partial charge in [-0.15, -0.1) is 0 Å². The van der Waals surface area contributed by atoms with Gasteiger partial charge in [0.15, 0.2) is 0 Å². The van der Waals surface area contributed by atoms with Crippen molar-refractivity contribution in [3.05, 3.63) is 112 Å². The summed E-state index contributed by atoms with van der Waals surface area (Å²) < 4.78 is 0. The van der Waals surface area contributed by atoms with E-state index in [0.29, 0.717) is 55.7 Å². The zero-order valence-electron chi connectivity index (χ0n) is 27.2. The first kappa shape index (κ1) is 34.6. The first-order valence-corrected chi connectivity index (χ1v) is 16.7. The van der Waals surface area contributed by atoms with Crippen molar-refractivity contribution in [2.45, 2.75) is 37.2 Å². The molecule has 3 aromatic carbocycles. The quantitative estimate of drug-likeness (QED) is 0.0910. The largest absolute Gasteiger partial charge is 0.506 e. The van der Waals surface area contributed by atoms with Gasteiger partial charge in [0.05, 0.1) is 11.6 Å². The maximum Gasteiger partial charge on any atom is 0.314 e. The number of amides is 3. The Morgan fingerprint density at radius 3 is 2.25 bits per heavy atom. The molecule has 0 radical (unpaired) electrons. The second-order valence-corrected chi connectivity index (χ2v) is 12.4. The van der Waals surface area contributed by atoms with E-state index in [2.05, 4.69) is 25.8 Å². The van der Waals surface area contributed by atoms with Gasteiger partial charge < -0.3 is 41.8 Å². The number of aromatic hydroxyl groups is 1. The zero-order chi connectivity index (χ0) is 33.9. The van der Waals surface area contributed by atoms with Crippen LogP contribution in [0.5, 0.6) is 5.75 Å². The Labute approximate surface area is 280 Å². The van der Waals surface area contributed by atoms with E-state index in [0.717, 1.165) is 43.4 Å². The Balaban J connectivity index is 0.982. The second-order valence-electron chi connectivity index (χ2n) is 12.4. The van der Waals surface area contributed by atoms with Crippen molar-refractivity contribution >= 4 is 22.8 Å². The van der Waals surface area contributed by atoms with Gasteiger partial charge in [-0.1, -0.05) is 73.2 Å². The second kappa shape index (κ2) is 16.4. The van der Waals surface area contributed by atoms with Gasteiger partial charge in [-0.3, -0.25) is 9.59 Å². The molecule has 8 N–H and O–H groups in total. The number of likely N-dealkylation sites (tertiary alicyclic amines) is 1. The van der Waals surface area contributed by atoms with E-state index in [-0.39, 0.29) is 29.2 Å². The first-order chi connectivity index (χ1) is 23.3. The third-order valence-corrected chi connectivity index (χ3v) is 9.36. The maximum atomic E-state index is 13.3. The number of fused-ring (bicyclic) bond motifs is 1. The van der Waals surface area contributed by atoms with Gasteiger partial charge >= 0.3 is 6.03 Å². The molecule has 1 aromatic heterocycles. The molecule has 0 spiro atoms. The average molecular weight is 655 g/mol. The molecule has 1 fully saturated rings. The number of aromatic nitrogens is 1. The van der Waals surface area contributed by atoms with Gasteiger partial charge in [0, 0.05) is 44.2 Å². The molecule has 48 heavy (non-hydrogen) atoms. The minimum Gasteiger partial charge on any atom is -0.506 e. The van der Waals surface area contributed by atoms with Gasteiger partial charge in [0.2, 0.25) is 11.5 Å². The van der Waals surface area contributed by atoms with Crippen LogP contribution in [0.3, 0.4) is 0 Å². The minimum absolute atomic E-state index is 0.00546. The van der Waals surface area contributed by atoms with Gasteiger partial charge in [-0.05, 0) is 67.1 Å². The molecular weight excluding hydrogens is 608 g/mol. The number of phenols is 1. The van der Waals surface area contributed by atoms with Gasteiger partial charge in [-0.25, -0.2) is 4.79 Å². The van der Waals surface area contributed by atoms with Gasteiger partial charge in [-0.2, -0.15) is 0 Å². The summed E-state index contributed by atoms with van der Waals surface area (Å²) in [5.41, 5.74) is 7.71. The number of urea groups is 1. The predicted octanol–water partition coefficient (Wildman–Crippen LogP) is 3.12. The molecule has 5 rings (SSSR count). The summed E-state index contributed by atoms with van der Waals surface area (Å²) in [6.07, 6.45) is 2.65. The lowest BCUT2D eigenvalue weighted by Crippen LogP contribution is -2.49. The van der Waals surface area contributed by atoms with E-state index in [9.17, 15) is 24.6 Å². The highest BCUT2D eigenvalue weighted by Gasteiger charge is 2.49. The molecule has 1 saturated heterocycles. The normalized spacial score (nSPS) is 15.7. The summed E-state index contributed by atoms with van der Waals surface area (Å²) in [4.78, 5) is 42.2. The molecule has 0 saturated carbocycles. The molecule has 11 nitrogen and oxygen atoms in total. The number of nitrogens with one attached hydrogen (secondary N) is 4. The van der Waals surface area contributed by atoms with E-state index in [1.165, 1.54) is 12.1 Å². The van der Waals surface area contributed by atoms with Crippen LogP contribution in [0.4, 0.5) is 4.79 Å². The summed E-state index contributed by atoms with van der Waals surface area (Å²) >= 11 is 0. The van der Waals surface area contributed by atoms with Crippen molar-refractivity contribution in [1.29, 1.82) is 0 Å². The summed E-state index contributed by atoms with van der Waals surface area (Å²) in [5.74, 6) is -0.379. The van der Waals surface area contributed by atoms with Crippen LogP contribution >= 0.6 is 0 Å². The minimum atomic E-state index is -0.929. The summed E-state index contributed by atoms with van der Waals surface area (Å²) in [6.45, 7) is 4.30. The smallest absolute Gasteiger partial charge is 0.314 e. The molecule has 2 heterocycles. The highest BCUT2D eigenvalue weighted by atomic mass is 16.3. The Kier molecular flexibility index (Phi) is 11.8. The molecule has 2 atom stereocenters. The van der Waals surface area contributed by atoms with Crippen molar-refractivity contribution < 1.29 is 19.8 Å². The molecule has 0 unspecified atom stereocenters. The number of aromatic amines is 1. The number of primary amides is 1. The standard InChI is InChI=1S/C37H46N6O5/c38-35(47)37(26-10-4-1-5-11-26,27-12-6-2-7-13-27)28-18-22-43(25-28)23-21-41-36(48)40-20-9-3-8-19-39-24-32(45)29-14-16-31(44)34-30(29)15-17-33(46)42-34/h1-2,4-7,10-17,28,32,39,44-45H,3,8-9,18-25H2,(H2,38,47)(H,42,46)(H2,40,41,48)/t28-,32-/m1/s1. The zero-order valence-corrected chi connectivity index (χ0v) is 27.2. The molecule has 0 bridgehead atoms. The summed E-state index contributed by atoms with van der Waals surface area (Å²) in [6, 6.07) is 25.5. The van der Waals surface area contributed by atoms with Crippen molar-refractivity contribution in [2.75, 3.05) is 45.8 Å². The van der Waals surface area contributed by atoms with Crippen LogP contribution in [-0.2, 0) is 10.2 Å². The Morgan fingerprint density at radius 2 is 1.56 bits per heavy atom. The van der Waals surface area contributed by atoms with Crippen LogP contribution in [0.2, 0.25) is 0 Å². The fourth-order valence-electron chi connectivity index (χ4n) is 6.96. The fourth-order valence-corrected chi connectivity index (χ4v) is 6.96. The molecule has 4 aromatic rings. The predicted molar refractivity (Wildman–Crippen MR) is 187 cm³/mol. The number of pyridine rings is 1. The van der Waals surface area contributed by atoms with Crippen molar-refractivity contribution in [3.63, 3.8) is 0 Å². The first-order valence-electron chi connectivity index (χ1n) is 16.7. The Morgan fingerprint density at radius 1 is 0.896 bits per heavy atom. The number of aliphatic hydroxyl groups excluding tert-OH is 1. The van der Waals surface area contributed by atoms with Crippen LogP contribution in [0, 0.1) is 5.92 Å².